The van der Waals surface area contributed by atoms with Gasteiger partial charge in [-0.2, -0.15) is 0 Å². The summed E-state index contributed by atoms with van der Waals surface area (Å²) in [5.41, 5.74) is -0.542. The molecule has 3 aromatic rings. The first-order chi connectivity index (χ1) is 17.1. The predicted octanol–water partition coefficient (Wildman–Crippen LogP) is 3.63. The van der Waals surface area contributed by atoms with E-state index in [0.29, 0.717) is 48.2 Å². The van der Waals surface area contributed by atoms with Gasteiger partial charge in [0, 0.05) is 45.8 Å². The van der Waals surface area contributed by atoms with E-state index in [9.17, 15) is 22.8 Å². The van der Waals surface area contributed by atoms with Gasteiger partial charge >= 0.3 is 0 Å². The molecule has 0 N–H and O–H groups in total. The van der Waals surface area contributed by atoms with Gasteiger partial charge in [0.15, 0.2) is 5.82 Å². The largest absolute Gasteiger partial charge is 0.373 e. The van der Waals surface area contributed by atoms with Crippen LogP contribution in [-0.2, 0) is 28.6 Å². The number of likely N-dealkylation sites (tertiary alicyclic amines) is 1. The Bertz CT molecular complexity index is 1350. The summed E-state index contributed by atoms with van der Waals surface area (Å²) in [4.78, 5) is 39.0. The minimum Gasteiger partial charge on any atom is -0.373 e. The van der Waals surface area contributed by atoms with Crippen LogP contribution in [0.2, 0.25) is 0 Å². The molecule has 0 unspecified atom stereocenters. The van der Waals surface area contributed by atoms with Gasteiger partial charge in [0.05, 0.1) is 11.3 Å². The number of pyridine rings is 2. The van der Waals surface area contributed by atoms with Crippen molar-refractivity contribution in [3.8, 4) is 0 Å². The molecule has 0 bridgehead atoms. The molecular formula is C25H28F3N5O3. The molecule has 0 saturated carbocycles. The van der Waals surface area contributed by atoms with Crippen LogP contribution in [0.5, 0.6) is 0 Å². The van der Waals surface area contributed by atoms with Crippen molar-refractivity contribution >= 4 is 16.9 Å². The minimum atomic E-state index is -3.02. The zero-order valence-corrected chi connectivity index (χ0v) is 20.6. The number of aryl methyl sites for hydroxylation is 1. The van der Waals surface area contributed by atoms with Gasteiger partial charge in [-0.1, -0.05) is 6.92 Å². The van der Waals surface area contributed by atoms with E-state index in [1.54, 1.807) is 32.0 Å². The predicted molar refractivity (Wildman–Crippen MR) is 126 cm³/mol. The van der Waals surface area contributed by atoms with Crippen LogP contribution >= 0.6 is 0 Å². The standard InChI is InChI=1S/C25H28F3N5O3/c1-14(16-5-8-29-21(20(16)26)22(27)28)11-19-17-12-18(24(35)32(3)23(17)31-13-30-19)25(36-4)6-9-33(10-7-25)15(2)34/h5,8,12-14,22H,6-7,9-11H2,1-4H3/t14-/m0/s1. The van der Waals surface area contributed by atoms with Gasteiger partial charge < -0.3 is 9.64 Å². The highest BCUT2D eigenvalue weighted by atomic mass is 19.3. The Morgan fingerprint density at radius 1 is 1.22 bits per heavy atom. The number of fused-ring (bicyclic) bond motifs is 1. The summed E-state index contributed by atoms with van der Waals surface area (Å²) in [6.45, 7) is 4.13. The SMILES string of the molecule is COC1(c2cc3c(C[C@H](C)c4ccnc(C(F)F)c4F)ncnc3n(C)c2=O)CCN(C(C)=O)CC1. The molecule has 0 spiro atoms. The maximum Gasteiger partial charge on any atom is 0.283 e. The summed E-state index contributed by atoms with van der Waals surface area (Å²) in [5, 5.41) is 0.593. The minimum absolute atomic E-state index is 0.0332. The normalized spacial score (nSPS) is 16.5. The zero-order valence-electron chi connectivity index (χ0n) is 20.6. The number of hydrogen-bond donors (Lipinski definition) is 0. The molecule has 0 aliphatic carbocycles. The summed E-state index contributed by atoms with van der Waals surface area (Å²) in [6, 6.07) is 3.11. The first kappa shape index (κ1) is 25.7. The van der Waals surface area contributed by atoms with Gasteiger partial charge in [0.1, 0.15) is 23.3 Å². The van der Waals surface area contributed by atoms with Crippen LogP contribution in [0.3, 0.4) is 0 Å². The number of alkyl halides is 2. The average Bonchev–Trinajstić information content (AvgIpc) is 2.86. The van der Waals surface area contributed by atoms with Gasteiger partial charge in [0.2, 0.25) is 5.91 Å². The van der Waals surface area contributed by atoms with E-state index in [1.807, 2.05) is 0 Å². The van der Waals surface area contributed by atoms with Crippen LogP contribution in [0, 0.1) is 5.82 Å². The number of aromatic nitrogens is 4. The molecule has 1 aliphatic heterocycles. The van der Waals surface area contributed by atoms with E-state index < -0.39 is 29.5 Å². The molecule has 1 fully saturated rings. The lowest BCUT2D eigenvalue weighted by atomic mass is 9.84. The summed E-state index contributed by atoms with van der Waals surface area (Å²) in [6.07, 6.45) is 0.594. The van der Waals surface area contributed by atoms with E-state index in [2.05, 4.69) is 15.0 Å². The molecule has 1 amide bonds. The van der Waals surface area contributed by atoms with E-state index in [4.69, 9.17) is 4.74 Å². The molecule has 4 heterocycles. The first-order valence-electron chi connectivity index (χ1n) is 11.7. The molecule has 3 aromatic heterocycles. The van der Waals surface area contributed by atoms with Gasteiger partial charge in [0.25, 0.3) is 12.0 Å². The van der Waals surface area contributed by atoms with E-state index in [0.717, 1.165) is 0 Å². The van der Waals surface area contributed by atoms with Gasteiger partial charge in [-0.15, -0.1) is 0 Å². The second-order valence-corrected chi connectivity index (χ2v) is 9.19. The molecule has 1 saturated heterocycles. The molecule has 4 rings (SSSR count). The number of rotatable bonds is 6. The summed E-state index contributed by atoms with van der Waals surface area (Å²) in [7, 11) is 3.16. The lowest BCUT2D eigenvalue weighted by molar-refractivity contribution is -0.135. The first-order valence-corrected chi connectivity index (χ1v) is 11.7. The number of nitrogens with zero attached hydrogens (tertiary/aromatic N) is 5. The van der Waals surface area contributed by atoms with E-state index in [1.165, 1.54) is 30.1 Å². The maximum absolute atomic E-state index is 14.7. The molecule has 0 radical (unpaired) electrons. The van der Waals surface area contributed by atoms with Crippen molar-refractivity contribution in [2.24, 2.45) is 7.05 Å². The molecule has 192 valence electrons. The lowest BCUT2D eigenvalue weighted by Gasteiger charge is -2.40. The quantitative estimate of drug-likeness (QED) is 0.510. The second kappa shape index (κ2) is 9.96. The number of halogens is 3. The fraction of sp³-hybridized carbons (Fsp3) is 0.480. The Hall–Kier alpha value is -3.34. The molecule has 1 atom stereocenters. The molecule has 8 nitrogen and oxygen atoms in total. The summed E-state index contributed by atoms with van der Waals surface area (Å²) in [5.74, 6) is -1.56. The number of carbonyl (C=O) groups is 1. The van der Waals surface area contributed by atoms with Crippen LogP contribution in [0.4, 0.5) is 13.2 Å². The van der Waals surface area contributed by atoms with Crippen molar-refractivity contribution in [3.63, 3.8) is 0 Å². The molecular weight excluding hydrogens is 475 g/mol. The van der Waals surface area contributed by atoms with Gasteiger partial charge in [-0.25, -0.2) is 23.1 Å². The van der Waals surface area contributed by atoms with Gasteiger partial charge in [-0.05, 0) is 42.9 Å². The lowest BCUT2D eigenvalue weighted by Crippen LogP contribution is -2.48. The van der Waals surface area contributed by atoms with E-state index >= 15 is 0 Å². The Morgan fingerprint density at radius 2 is 1.92 bits per heavy atom. The number of methoxy groups -OCH3 is 1. The summed E-state index contributed by atoms with van der Waals surface area (Å²) >= 11 is 0. The third kappa shape index (κ3) is 4.47. The van der Waals surface area contributed by atoms with Crippen LogP contribution in [0.25, 0.3) is 11.0 Å². The Morgan fingerprint density at radius 3 is 2.53 bits per heavy atom. The number of ether oxygens (including phenoxy) is 1. The third-order valence-corrected chi connectivity index (χ3v) is 7.17. The molecule has 36 heavy (non-hydrogen) atoms. The number of amides is 1. The van der Waals surface area contributed by atoms with Crippen molar-refractivity contribution in [1.29, 1.82) is 0 Å². The van der Waals surface area contributed by atoms with Crippen molar-refractivity contribution in [1.82, 2.24) is 24.4 Å². The fourth-order valence-corrected chi connectivity index (χ4v) is 4.98. The Balaban J connectivity index is 1.77. The molecule has 1 aliphatic rings. The number of piperidine rings is 1. The van der Waals surface area contributed by atoms with Crippen molar-refractivity contribution < 1.29 is 22.7 Å². The van der Waals surface area contributed by atoms with Gasteiger partial charge in [-0.3, -0.25) is 19.1 Å². The smallest absolute Gasteiger partial charge is 0.283 e. The number of carbonyl (C=O) groups excluding carboxylic acids is 1. The molecule has 11 heteroatoms. The fourth-order valence-electron chi connectivity index (χ4n) is 4.98. The topological polar surface area (TPSA) is 90.2 Å². The molecule has 0 aromatic carbocycles. The Kier molecular flexibility index (Phi) is 7.12. The Labute approximate surface area is 206 Å². The van der Waals surface area contributed by atoms with Crippen LogP contribution in [0.15, 0.2) is 29.5 Å². The third-order valence-electron chi connectivity index (χ3n) is 7.17. The van der Waals surface area contributed by atoms with Crippen molar-refractivity contribution in [3.05, 3.63) is 63.3 Å². The monoisotopic (exact) mass is 503 g/mol. The maximum atomic E-state index is 14.7. The zero-order chi connectivity index (χ0) is 26.2. The van der Waals surface area contributed by atoms with Crippen LogP contribution in [0.1, 0.15) is 61.5 Å². The average molecular weight is 504 g/mol. The van der Waals surface area contributed by atoms with Crippen LogP contribution < -0.4 is 5.56 Å². The number of hydrogen-bond acceptors (Lipinski definition) is 6. The highest BCUT2D eigenvalue weighted by Crippen LogP contribution is 2.36. The van der Waals surface area contributed by atoms with Crippen LogP contribution in [-0.4, -0.2) is 50.5 Å². The van der Waals surface area contributed by atoms with Crippen molar-refractivity contribution in [2.45, 2.75) is 51.1 Å². The highest BCUT2D eigenvalue weighted by Gasteiger charge is 2.40. The summed E-state index contributed by atoms with van der Waals surface area (Å²) < 4.78 is 48.4. The van der Waals surface area contributed by atoms with E-state index in [-0.39, 0.29) is 23.5 Å². The second-order valence-electron chi connectivity index (χ2n) is 9.19. The highest BCUT2D eigenvalue weighted by molar-refractivity contribution is 5.78. The van der Waals surface area contributed by atoms with Crippen molar-refractivity contribution in [2.75, 3.05) is 20.2 Å².